The normalized spacial score (nSPS) is 43.0. The van der Waals surface area contributed by atoms with E-state index >= 15 is 0 Å². The monoisotopic (exact) mass is 1190 g/mol. The number of carbonyl (C=O) groups excluding carboxylic acids is 4. The number of alkyl halides is 4. The van der Waals surface area contributed by atoms with Gasteiger partial charge in [0.1, 0.15) is 5.78 Å². The first-order valence-electron chi connectivity index (χ1n) is 32.2. The maximum atomic E-state index is 13.8. The minimum atomic E-state index is -2.44. The maximum absolute atomic E-state index is 13.8. The lowest BCUT2D eigenvalue weighted by Crippen LogP contribution is -2.66. The fourth-order valence-electron chi connectivity index (χ4n) is 23.1. The van der Waals surface area contributed by atoms with Crippen molar-refractivity contribution in [3.63, 3.8) is 0 Å². The number of nitrogens with zero attached hydrogens (tertiary/aromatic N) is 2. The largest absolute Gasteiger partial charge is 0.325 e. The maximum Gasteiger partial charge on any atom is 0.250 e. The molecule has 0 heterocycles. The van der Waals surface area contributed by atoms with Gasteiger partial charge in [-0.3, -0.25) is 9.59 Å². The van der Waals surface area contributed by atoms with E-state index < -0.39 is 41.1 Å². The third-order valence-electron chi connectivity index (χ3n) is 27.4. The smallest absolute Gasteiger partial charge is 0.250 e. The van der Waals surface area contributed by atoms with Crippen LogP contribution in [-0.2, 0) is 19.2 Å². The standard InChI is InChI=1S/C34H47F2NO2.C31H42ClNO2.C6H6.C2H5F2N/c1-20(2)21-13-16-34(26(38)11-12-27(35)36)18-17-32(6)22(28(21)34)9-10-25-31(5)19-23(37-8)29(39)30(3,4)24(31)14-15-33(25,32)7;1-18(2)19-11-14-31(26(32)35)16-15-29(6)20(24(19)31)9-10-23-28(5)17-21(33-8)25(34)27(3,4)22(28)12-13-30(23,29)7;1-2-4-6-5-3-1;3-2(4)1-5/h19,21-22,24-25,27-28H,1,9-18H2,2-7H3;17,19-20,22-24H,1,9-16H2,2-7H3;1-6H;2H,1,5H2/t21-,22+,24-,25+,28+,31-,32+,33+,34+;19-,20+,22-,23+,24+,28-,29+,30+,31-;;/m00../s1. The van der Waals surface area contributed by atoms with Crippen molar-refractivity contribution in [2.24, 2.45) is 119 Å². The van der Waals surface area contributed by atoms with E-state index in [0.717, 1.165) is 108 Å². The van der Waals surface area contributed by atoms with Crippen molar-refractivity contribution in [3.05, 3.63) is 107 Å². The molecule has 0 unspecified atom stereocenters. The van der Waals surface area contributed by atoms with Gasteiger partial charge in [0, 0.05) is 34.5 Å². The van der Waals surface area contributed by atoms with Crippen LogP contribution in [-0.4, -0.2) is 42.0 Å². The minimum Gasteiger partial charge on any atom is -0.325 e. The Morgan fingerprint density at radius 3 is 1.26 bits per heavy atom. The predicted molar refractivity (Wildman–Crippen MR) is 331 cm³/mol. The van der Waals surface area contributed by atoms with E-state index in [4.69, 9.17) is 24.7 Å². The van der Waals surface area contributed by atoms with Crippen LogP contribution in [0.1, 0.15) is 199 Å². The molecule has 12 heteroatoms. The van der Waals surface area contributed by atoms with Gasteiger partial charge in [0.25, 0.3) is 6.43 Å². The van der Waals surface area contributed by atoms with E-state index in [9.17, 15) is 36.7 Å². The van der Waals surface area contributed by atoms with Crippen LogP contribution in [0.5, 0.6) is 0 Å². The van der Waals surface area contributed by atoms with Gasteiger partial charge in [-0.25, -0.2) is 27.3 Å². The summed E-state index contributed by atoms with van der Waals surface area (Å²) in [5.74, 6) is 3.19. The lowest BCUT2D eigenvalue weighted by molar-refractivity contribution is -0.217. The van der Waals surface area contributed by atoms with Gasteiger partial charge in [-0.15, -0.1) is 0 Å². The topological polar surface area (TPSA) is 103 Å². The quantitative estimate of drug-likeness (QED) is 0.121. The number of ketones is 3. The zero-order valence-electron chi connectivity index (χ0n) is 53.4. The molecule has 8 saturated carbocycles. The number of rotatable bonds is 8. The molecule has 1 aromatic rings. The van der Waals surface area contributed by atoms with Gasteiger partial charge in [0.05, 0.1) is 19.7 Å². The van der Waals surface area contributed by atoms with Crippen molar-refractivity contribution < 1.29 is 36.7 Å². The Hall–Kier alpha value is -4.19. The highest BCUT2D eigenvalue weighted by atomic mass is 35.5. The molecule has 0 spiro atoms. The fraction of sp³-hybridized carbons (Fsp3) is 0.726. The number of halogens is 5. The summed E-state index contributed by atoms with van der Waals surface area (Å²) in [6.45, 7) is 50.8. The van der Waals surface area contributed by atoms with Crippen LogP contribution in [0.25, 0.3) is 9.69 Å². The fourth-order valence-corrected chi connectivity index (χ4v) is 23.4. The molecule has 0 bridgehead atoms. The van der Waals surface area contributed by atoms with Gasteiger partial charge in [-0.05, 0) is 220 Å². The third kappa shape index (κ3) is 10.3. The van der Waals surface area contributed by atoms with Crippen molar-refractivity contribution in [2.75, 3.05) is 6.54 Å². The van der Waals surface area contributed by atoms with E-state index in [1.165, 1.54) is 5.57 Å². The molecule has 85 heavy (non-hydrogen) atoms. The van der Waals surface area contributed by atoms with Crippen LogP contribution in [0, 0.1) is 126 Å². The molecule has 0 aromatic heterocycles. The van der Waals surface area contributed by atoms with E-state index in [-0.39, 0.29) is 97.5 Å². The molecule has 1 aromatic carbocycles. The van der Waals surface area contributed by atoms with Gasteiger partial charge in [0.2, 0.25) is 23.1 Å². The Morgan fingerprint density at radius 1 is 0.553 bits per heavy atom. The summed E-state index contributed by atoms with van der Waals surface area (Å²) < 4.78 is 47.6. The molecule has 18 atom stereocenters. The molecule has 0 aliphatic heterocycles. The highest BCUT2D eigenvalue weighted by Crippen LogP contribution is 2.79. The van der Waals surface area contributed by atoms with Crippen LogP contribution in [0.4, 0.5) is 17.6 Å². The van der Waals surface area contributed by atoms with Crippen LogP contribution < -0.4 is 5.73 Å². The van der Waals surface area contributed by atoms with Crippen molar-refractivity contribution in [1.82, 2.24) is 0 Å². The van der Waals surface area contributed by atoms with Crippen LogP contribution in [0.2, 0.25) is 0 Å². The number of carbonyl (C=O) groups is 4. The molecule has 2 N–H and O–H groups in total. The Balaban J connectivity index is 0.000000188. The molecule has 0 amide bonds. The van der Waals surface area contributed by atoms with E-state index in [2.05, 4.69) is 110 Å². The van der Waals surface area contributed by atoms with Gasteiger partial charge >= 0.3 is 0 Å². The minimum absolute atomic E-state index is 0.00165. The van der Waals surface area contributed by atoms with Gasteiger partial charge in [-0.2, -0.15) is 0 Å². The Bertz CT molecular complexity index is 2910. The number of Topliss-reactive ketones (excluding diaryl/α,β-unsaturated/α-hetero) is 3. The van der Waals surface area contributed by atoms with E-state index in [1.54, 1.807) is 0 Å². The molecular formula is C73H100ClF4N3O4. The SMILES string of the molecule is NCC(F)F.[C-]#[N+]C1=C[C@]2(C)[C@H]3CC[C@@H]4[C@H]5[C@H](C(=C)C)CC[C@]5(C(=O)CCC(F)F)CC[C@@]4(C)[C@]3(C)CC[C@H]2C(C)(C)C1=O.[C-]#[N+]C1=C[C@]2(C)[C@H]3CC[C@@H]4[C@H]5[C@H](C(=C)C)CC[C@]5(C(=O)Cl)CC[C@@]4(C)[C@]3(C)CC[C@H]2C(C)(C)C1=O.c1ccccc1. The van der Waals surface area contributed by atoms with Gasteiger partial charge < -0.3 is 15.3 Å². The lowest BCUT2D eigenvalue weighted by atomic mass is 9.32. The number of benzene rings is 1. The van der Waals surface area contributed by atoms with Gasteiger partial charge in [0.15, 0.2) is 11.6 Å². The zero-order chi connectivity index (χ0) is 63.1. The average Bonchev–Trinajstić information content (AvgIpc) is 1.50. The Labute approximate surface area is 512 Å². The second kappa shape index (κ2) is 23.6. The summed E-state index contributed by atoms with van der Waals surface area (Å²) in [7, 11) is 0. The zero-order valence-corrected chi connectivity index (χ0v) is 54.1. The van der Waals surface area contributed by atoms with Crippen molar-refractivity contribution >= 4 is 34.2 Å². The predicted octanol–water partition coefficient (Wildman–Crippen LogP) is 18.7. The Kier molecular flexibility index (Phi) is 18.6. The molecule has 7 nitrogen and oxygen atoms in total. The summed E-state index contributed by atoms with van der Waals surface area (Å²) in [5.41, 5.74) is 5.24. The van der Waals surface area contributed by atoms with Crippen molar-refractivity contribution in [2.45, 2.75) is 212 Å². The average molecular weight is 1200 g/mol. The molecule has 11 rings (SSSR count). The summed E-state index contributed by atoms with van der Waals surface area (Å²) in [4.78, 5) is 60.7. The molecule has 466 valence electrons. The van der Waals surface area contributed by atoms with Crippen molar-refractivity contribution in [3.8, 4) is 0 Å². The first-order chi connectivity index (χ1) is 39.6. The highest BCUT2D eigenvalue weighted by molar-refractivity contribution is 6.64. The molecule has 0 radical (unpaired) electrons. The highest BCUT2D eigenvalue weighted by Gasteiger charge is 2.74. The van der Waals surface area contributed by atoms with Crippen LogP contribution in [0.15, 0.2) is 84.2 Å². The van der Waals surface area contributed by atoms with E-state index in [1.807, 2.05) is 50.2 Å². The molecule has 10 aliphatic rings. The first kappa shape index (κ1) is 66.8. The number of fused-ring (bicyclic) bond motifs is 14. The molecule has 8 fully saturated rings. The van der Waals surface area contributed by atoms with Crippen LogP contribution >= 0.6 is 11.6 Å². The van der Waals surface area contributed by atoms with Crippen LogP contribution in [0.3, 0.4) is 0 Å². The number of hydrogen-bond acceptors (Lipinski definition) is 5. The second-order valence-electron chi connectivity index (χ2n) is 31.2. The summed E-state index contributed by atoms with van der Waals surface area (Å²) in [6, 6.07) is 12.0. The lowest BCUT2D eigenvalue weighted by Gasteiger charge is -2.71. The van der Waals surface area contributed by atoms with Crippen molar-refractivity contribution in [1.29, 1.82) is 0 Å². The van der Waals surface area contributed by atoms with E-state index in [0.29, 0.717) is 41.0 Å². The third-order valence-corrected chi connectivity index (χ3v) is 27.8. The number of allylic oxidation sites excluding steroid dienone is 6. The summed E-state index contributed by atoms with van der Waals surface area (Å²) in [6.07, 6.45) is 14.6. The first-order valence-corrected chi connectivity index (χ1v) is 32.6. The molecule has 0 saturated heterocycles. The number of hydrogen-bond donors (Lipinski definition) is 1. The number of nitrogens with two attached hydrogens (primary N) is 1. The summed E-state index contributed by atoms with van der Waals surface area (Å²) >= 11 is 6.42. The summed E-state index contributed by atoms with van der Waals surface area (Å²) in [5, 5.41) is -0.117. The second-order valence-corrected chi connectivity index (χ2v) is 31.5. The Morgan fingerprint density at radius 2 is 0.918 bits per heavy atom. The van der Waals surface area contributed by atoms with Gasteiger partial charge in [-0.1, -0.05) is 142 Å². The molecule has 10 aliphatic carbocycles. The molecular weight excluding hydrogens is 1090 g/mol.